The van der Waals surface area contributed by atoms with Gasteiger partial charge in [-0.05, 0) is 13.8 Å². The second-order valence-corrected chi connectivity index (χ2v) is 3.23. The van der Waals surface area contributed by atoms with Crippen molar-refractivity contribution in [2.24, 2.45) is 0 Å². The van der Waals surface area contributed by atoms with Crippen LogP contribution in [-0.4, -0.2) is 47.8 Å². The van der Waals surface area contributed by atoms with Gasteiger partial charge >= 0.3 is 0 Å². The lowest BCUT2D eigenvalue weighted by molar-refractivity contribution is -0.219. The Balaban J connectivity index is 2.67. The maximum atomic E-state index is 9.52. The van der Waals surface area contributed by atoms with Crippen molar-refractivity contribution in [2.45, 2.75) is 44.4 Å². The zero-order valence-electron chi connectivity index (χ0n) is 7.60. The Hall–Kier alpha value is -0.160. The molecule has 12 heavy (non-hydrogen) atoms. The van der Waals surface area contributed by atoms with Gasteiger partial charge in [-0.15, -0.1) is 0 Å². The second kappa shape index (κ2) is 3.70. The predicted molar refractivity (Wildman–Crippen MR) is 42.8 cm³/mol. The molecular formula is C8H16O4. The van der Waals surface area contributed by atoms with E-state index in [2.05, 4.69) is 0 Å². The largest absolute Gasteiger partial charge is 0.388 e. The summed E-state index contributed by atoms with van der Waals surface area (Å²) in [6, 6.07) is 0. The van der Waals surface area contributed by atoms with Gasteiger partial charge in [0, 0.05) is 7.11 Å². The molecule has 2 N–H and O–H groups in total. The Morgan fingerprint density at radius 2 is 1.50 bits per heavy atom. The normalized spacial score (nSPS) is 49.2. The highest BCUT2D eigenvalue weighted by molar-refractivity contribution is 4.89. The summed E-state index contributed by atoms with van der Waals surface area (Å²) in [5.74, 6) is 0. The van der Waals surface area contributed by atoms with Crippen LogP contribution in [0, 0.1) is 0 Å². The Bertz CT molecular complexity index is 136. The van der Waals surface area contributed by atoms with E-state index in [-0.39, 0.29) is 12.2 Å². The minimum absolute atomic E-state index is 0.284. The summed E-state index contributed by atoms with van der Waals surface area (Å²) in [5, 5.41) is 19.0. The van der Waals surface area contributed by atoms with Crippen LogP contribution >= 0.6 is 0 Å². The maximum absolute atomic E-state index is 9.52. The van der Waals surface area contributed by atoms with Crippen molar-refractivity contribution in [3.05, 3.63) is 0 Å². The second-order valence-electron chi connectivity index (χ2n) is 3.23. The van der Waals surface area contributed by atoms with Crippen LogP contribution in [-0.2, 0) is 9.47 Å². The summed E-state index contributed by atoms with van der Waals surface area (Å²) in [6.07, 6.45) is -2.60. The molecule has 4 heteroatoms. The van der Waals surface area contributed by atoms with Crippen molar-refractivity contribution in [3.8, 4) is 0 Å². The number of ether oxygens (including phenoxy) is 2. The molecule has 1 saturated heterocycles. The smallest absolute Gasteiger partial charge is 0.114 e. The topological polar surface area (TPSA) is 58.9 Å². The highest BCUT2D eigenvalue weighted by Gasteiger charge is 2.40. The molecule has 1 aliphatic heterocycles. The van der Waals surface area contributed by atoms with Crippen molar-refractivity contribution in [2.75, 3.05) is 7.11 Å². The van der Waals surface area contributed by atoms with Crippen LogP contribution in [0.4, 0.5) is 0 Å². The fourth-order valence-electron chi connectivity index (χ4n) is 1.51. The Kier molecular flexibility index (Phi) is 3.06. The third kappa shape index (κ3) is 1.61. The summed E-state index contributed by atoms with van der Waals surface area (Å²) >= 11 is 0. The molecular weight excluding hydrogens is 160 g/mol. The molecule has 0 spiro atoms. The van der Waals surface area contributed by atoms with Gasteiger partial charge in [-0.1, -0.05) is 0 Å². The van der Waals surface area contributed by atoms with Crippen LogP contribution in [0.5, 0.6) is 0 Å². The van der Waals surface area contributed by atoms with E-state index in [1.165, 1.54) is 7.11 Å². The van der Waals surface area contributed by atoms with Gasteiger partial charge in [0.15, 0.2) is 0 Å². The van der Waals surface area contributed by atoms with Gasteiger partial charge in [0.1, 0.15) is 18.3 Å². The number of hydrogen-bond acceptors (Lipinski definition) is 4. The number of rotatable bonds is 1. The fourth-order valence-corrected chi connectivity index (χ4v) is 1.51. The molecule has 0 amide bonds. The summed E-state index contributed by atoms with van der Waals surface area (Å²) in [7, 11) is 1.47. The summed E-state index contributed by atoms with van der Waals surface area (Å²) < 4.78 is 10.2. The first-order valence-electron chi connectivity index (χ1n) is 4.12. The number of aliphatic hydroxyl groups excluding tert-OH is 2. The third-order valence-corrected chi connectivity index (χ3v) is 2.34. The highest BCUT2D eigenvalue weighted by Crippen LogP contribution is 2.22. The summed E-state index contributed by atoms with van der Waals surface area (Å²) in [5.41, 5.74) is 0. The first-order valence-corrected chi connectivity index (χ1v) is 4.12. The van der Waals surface area contributed by atoms with Crippen LogP contribution in [0.2, 0.25) is 0 Å². The van der Waals surface area contributed by atoms with Crippen molar-refractivity contribution < 1.29 is 19.7 Å². The molecule has 1 heterocycles. The average Bonchev–Trinajstić information content (AvgIpc) is 2.02. The molecule has 1 aliphatic rings. The van der Waals surface area contributed by atoms with Crippen molar-refractivity contribution in [3.63, 3.8) is 0 Å². The van der Waals surface area contributed by atoms with E-state index in [1.54, 1.807) is 13.8 Å². The molecule has 72 valence electrons. The fraction of sp³-hybridized carbons (Fsp3) is 1.00. The molecule has 5 atom stereocenters. The molecule has 0 aromatic rings. The van der Waals surface area contributed by atoms with Gasteiger partial charge < -0.3 is 19.7 Å². The lowest BCUT2D eigenvalue weighted by atomic mass is 9.96. The Morgan fingerprint density at radius 1 is 1.08 bits per heavy atom. The van der Waals surface area contributed by atoms with Crippen molar-refractivity contribution >= 4 is 0 Å². The van der Waals surface area contributed by atoms with Gasteiger partial charge in [0.2, 0.25) is 0 Å². The van der Waals surface area contributed by atoms with Gasteiger partial charge in [-0.2, -0.15) is 0 Å². The van der Waals surface area contributed by atoms with E-state index in [0.717, 1.165) is 0 Å². The minimum Gasteiger partial charge on any atom is -0.388 e. The zero-order valence-corrected chi connectivity index (χ0v) is 7.60. The van der Waals surface area contributed by atoms with Gasteiger partial charge in [0.05, 0.1) is 12.2 Å². The number of hydrogen-bond donors (Lipinski definition) is 2. The van der Waals surface area contributed by atoms with Crippen LogP contribution in [0.15, 0.2) is 0 Å². The molecule has 1 fully saturated rings. The number of aliphatic hydroxyl groups is 2. The van der Waals surface area contributed by atoms with E-state index in [1.807, 2.05) is 0 Å². The highest BCUT2D eigenvalue weighted by atomic mass is 16.6. The molecule has 0 saturated carbocycles. The molecule has 0 bridgehead atoms. The van der Waals surface area contributed by atoms with E-state index in [0.29, 0.717) is 0 Å². The summed E-state index contributed by atoms with van der Waals surface area (Å²) in [4.78, 5) is 0. The van der Waals surface area contributed by atoms with E-state index in [4.69, 9.17) is 9.47 Å². The Labute approximate surface area is 72.1 Å². The predicted octanol–water partition coefficient (Wildman–Crippen LogP) is -0.470. The number of methoxy groups -OCH3 is 1. The zero-order chi connectivity index (χ0) is 9.30. The van der Waals surface area contributed by atoms with Gasteiger partial charge in [-0.25, -0.2) is 0 Å². The standard InChI is InChI=1S/C8H16O4/c1-4-6(9)8(11-3)7(10)5(2)12-4/h4-10H,1-3H3/t4?,5?,6-,7?,8?/m0/s1. The molecule has 0 radical (unpaired) electrons. The van der Waals surface area contributed by atoms with Crippen LogP contribution in [0.25, 0.3) is 0 Å². The average molecular weight is 176 g/mol. The monoisotopic (exact) mass is 176 g/mol. The minimum atomic E-state index is -0.749. The third-order valence-electron chi connectivity index (χ3n) is 2.34. The lowest BCUT2D eigenvalue weighted by Gasteiger charge is -2.39. The quantitative estimate of drug-likeness (QED) is 0.567. The first-order chi connectivity index (χ1) is 5.57. The van der Waals surface area contributed by atoms with E-state index < -0.39 is 18.3 Å². The van der Waals surface area contributed by atoms with Gasteiger partial charge in [-0.3, -0.25) is 0 Å². The molecule has 0 aromatic heterocycles. The first kappa shape index (κ1) is 9.92. The maximum Gasteiger partial charge on any atom is 0.114 e. The van der Waals surface area contributed by atoms with E-state index in [9.17, 15) is 10.2 Å². The molecule has 0 aromatic carbocycles. The van der Waals surface area contributed by atoms with Crippen molar-refractivity contribution in [1.82, 2.24) is 0 Å². The lowest BCUT2D eigenvalue weighted by Crippen LogP contribution is -2.56. The van der Waals surface area contributed by atoms with Crippen LogP contribution < -0.4 is 0 Å². The van der Waals surface area contributed by atoms with Crippen molar-refractivity contribution in [1.29, 1.82) is 0 Å². The SMILES string of the molecule is COC1C(O)C(C)OC(C)[C@@H]1O. The Morgan fingerprint density at radius 3 is 1.83 bits per heavy atom. The molecule has 0 aliphatic carbocycles. The summed E-state index contributed by atoms with van der Waals surface area (Å²) in [6.45, 7) is 3.53. The van der Waals surface area contributed by atoms with E-state index >= 15 is 0 Å². The van der Waals surface area contributed by atoms with Crippen LogP contribution in [0.3, 0.4) is 0 Å². The van der Waals surface area contributed by atoms with Gasteiger partial charge in [0.25, 0.3) is 0 Å². The molecule has 1 rings (SSSR count). The van der Waals surface area contributed by atoms with Crippen LogP contribution in [0.1, 0.15) is 13.8 Å². The molecule has 4 unspecified atom stereocenters. The molecule has 4 nitrogen and oxygen atoms in total.